The lowest BCUT2D eigenvalue weighted by Crippen LogP contribution is -2.90. The number of amides is 5. The number of carbonyl (C=O) groups excluding carboxylic acids is 5. The second-order valence-corrected chi connectivity index (χ2v) is 19.7. The summed E-state index contributed by atoms with van der Waals surface area (Å²) in [6.07, 6.45) is 3.53. The van der Waals surface area contributed by atoms with Crippen LogP contribution >= 0.6 is 11.3 Å². The molecule has 5 heterocycles. The number of rotatable bonds is 9. The smallest absolute Gasteiger partial charge is 0.386 e. The maximum atomic E-state index is 13.2. The van der Waals surface area contributed by atoms with Gasteiger partial charge in [0.1, 0.15) is 17.4 Å². The fraction of sp³-hybridized carbons (Fsp3) is 0.489. The summed E-state index contributed by atoms with van der Waals surface area (Å²) in [5, 5.41) is 17.7. The molecule has 5 amide bonds. The maximum absolute atomic E-state index is 13.2. The van der Waals surface area contributed by atoms with Gasteiger partial charge in [0.25, 0.3) is 17.7 Å². The summed E-state index contributed by atoms with van der Waals surface area (Å²) >= 11 is 1.56. The molecule has 1 atom stereocenters. The van der Waals surface area contributed by atoms with Crippen molar-refractivity contribution in [2.75, 3.05) is 24.2 Å². The number of carbonyl (C=O) groups is 5. The van der Waals surface area contributed by atoms with Gasteiger partial charge in [-0.3, -0.25) is 34.2 Å². The molecule has 0 bridgehead atoms. The maximum Gasteiger partial charge on any atom is 0.433 e. The number of piperidine rings is 1. The lowest BCUT2D eigenvalue weighted by molar-refractivity contribution is -0.170. The second kappa shape index (κ2) is 17.3. The van der Waals surface area contributed by atoms with E-state index >= 15 is 0 Å². The molecular weight excluding hydrogens is 867 g/mol. The fourth-order valence-electron chi connectivity index (χ4n) is 10.1. The Morgan fingerprint density at radius 2 is 1.61 bits per heavy atom. The van der Waals surface area contributed by atoms with Crippen molar-refractivity contribution in [3.63, 3.8) is 0 Å². The number of fused-ring (bicyclic) bond motifs is 2. The van der Waals surface area contributed by atoms with Crippen LogP contribution in [0.3, 0.4) is 0 Å². The largest absolute Gasteiger partial charge is 0.433 e. The Kier molecular flexibility index (Phi) is 12.4. The number of anilines is 2. The van der Waals surface area contributed by atoms with Gasteiger partial charge in [0, 0.05) is 35.8 Å². The average Bonchev–Trinajstić information content (AvgIpc) is 3.78. The number of aromatic nitrogens is 2. The number of likely N-dealkylation sites (tertiary alicyclic amines) is 1. The molecule has 1 unspecified atom stereocenters. The number of alkyl halides is 3. The van der Waals surface area contributed by atoms with Crippen LogP contribution in [0.4, 0.5) is 24.5 Å². The standard InChI is InChI=1S/C23H24F3N3O2S.C22H22B4N4O4/c1-22(2,31)14-11-17-18(32-21(29-17)13-7-4-3-5-8-13)12-16(14)28-20(30)15-9-6-10-19(27-15)23(24,25)26;1-29-21(23,24)20(22(29,25)26)9-11(10-20)7-8-27-13-4-2-3-12-16(13)19(34)30(18(12)33)14-5-6-15(31)28-17(14)32/h6,9-13,31H,3-5,7-8H2,1-2H3,(H,28,30);2-4,11,14,27H,5-10H2,1H3,(H,28,31,32). The van der Waals surface area contributed by atoms with Crippen molar-refractivity contribution < 1.29 is 42.3 Å². The van der Waals surface area contributed by atoms with E-state index in [2.05, 4.69) is 20.9 Å². The highest BCUT2D eigenvalue weighted by atomic mass is 32.1. The average molecular weight is 913 g/mol. The summed E-state index contributed by atoms with van der Waals surface area (Å²) in [5.74, 6) is -2.16. The summed E-state index contributed by atoms with van der Waals surface area (Å²) < 4.78 is 39.8. The summed E-state index contributed by atoms with van der Waals surface area (Å²) in [6.45, 7) is 3.72. The number of nitrogens with zero attached hydrogens (tertiary/aromatic N) is 4. The highest BCUT2D eigenvalue weighted by Crippen LogP contribution is 2.66. The van der Waals surface area contributed by atoms with Crippen LogP contribution in [0.5, 0.6) is 0 Å². The molecule has 8 radical (unpaired) electrons. The number of hydrogen-bond acceptors (Lipinski definition) is 11. The lowest BCUT2D eigenvalue weighted by Gasteiger charge is -2.82. The molecule has 3 aliphatic heterocycles. The first-order valence-electron chi connectivity index (χ1n) is 22.0. The number of halogens is 3. The van der Waals surface area contributed by atoms with E-state index in [1.54, 1.807) is 67.5 Å². The van der Waals surface area contributed by atoms with Crippen LogP contribution in [0.2, 0.25) is 0 Å². The van der Waals surface area contributed by atoms with Crippen molar-refractivity contribution in [2.45, 2.75) is 112 Å². The van der Waals surface area contributed by atoms with Crippen molar-refractivity contribution in [2.24, 2.45) is 11.3 Å². The van der Waals surface area contributed by atoms with E-state index in [1.165, 1.54) is 25.3 Å². The third-order valence-corrected chi connectivity index (χ3v) is 15.1. The number of aliphatic hydroxyl groups is 1. The first-order valence-corrected chi connectivity index (χ1v) is 22.8. The summed E-state index contributed by atoms with van der Waals surface area (Å²) in [7, 11) is 26.7. The monoisotopic (exact) mass is 913 g/mol. The topological polar surface area (TPSA) is 174 Å². The Labute approximate surface area is 389 Å². The van der Waals surface area contributed by atoms with E-state index in [0.717, 1.165) is 51.5 Å². The van der Waals surface area contributed by atoms with E-state index in [-0.39, 0.29) is 29.7 Å². The van der Waals surface area contributed by atoms with Crippen molar-refractivity contribution in [3.05, 3.63) is 81.6 Å². The van der Waals surface area contributed by atoms with E-state index in [0.29, 0.717) is 48.2 Å². The normalized spacial score (nSPS) is 21.7. The predicted molar refractivity (Wildman–Crippen MR) is 246 cm³/mol. The number of thiazole rings is 1. The quantitative estimate of drug-likeness (QED) is 0.125. The number of benzene rings is 2. The van der Waals surface area contributed by atoms with Gasteiger partial charge in [-0.15, -0.1) is 11.3 Å². The summed E-state index contributed by atoms with van der Waals surface area (Å²) in [6, 6.07) is 10.7. The Hall–Kier alpha value is -5.00. The van der Waals surface area contributed by atoms with Crippen molar-refractivity contribution >= 4 is 93.8 Å². The van der Waals surface area contributed by atoms with E-state index in [4.69, 9.17) is 36.4 Å². The molecule has 13 nitrogen and oxygen atoms in total. The molecule has 2 saturated carbocycles. The van der Waals surface area contributed by atoms with Gasteiger partial charge in [0.2, 0.25) is 11.8 Å². The van der Waals surface area contributed by atoms with Gasteiger partial charge in [-0.25, -0.2) is 9.97 Å². The molecule has 4 fully saturated rings. The van der Waals surface area contributed by atoms with E-state index < -0.39 is 69.1 Å². The van der Waals surface area contributed by atoms with Crippen LogP contribution in [-0.2, 0) is 21.4 Å². The van der Waals surface area contributed by atoms with Crippen LogP contribution in [0.25, 0.3) is 10.2 Å². The summed E-state index contributed by atoms with van der Waals surface area (Å²) in [4.78, 5) is 73.4. The van der Waals surface area contributed by atoms with Gasteiger partial charge in [-0.05, 0) is 118 Å². The van der Waals surface area contributed by atoms with Gasteiger partial charge in [-0.1, -0.05) is 31.4 Å². The zero-order valence-electron chi connectivity index (χ0n) is 36.8. The van der Waals surface area contributed by atoms with Crippen LogP contribution in [0.15, 0.2) is 48.5 Å². The van der Waals surface area contributed by atoms with E-state index in [9.17, 15) is 42.3 Å². The molecule has 21 heteroatoms. The molecule has 9 rings (SSSR count). The number of hydrogen-bond donors (Lipinski definition) is 4. The third-order valence-electron chi connectivity index (χ3n) is 13.9. The van der Waals surface area contributed by atoms with Crippen molar-refractivity contribution in [3.8, 4) is 0 Å². The minimum absolute atomic E-state index is 0.0767. The minimum Gasteiger partial charge on any atom is -0.386 e. The second-order valence-electron chi connectivity index (χ2n) is 18.6. The molecule has 2 saturated heterocycles. The van der Waals surface area contributed by atoms with Gasteiger partial charge >= 0.3 is 6.18 Å². The Bertz CT molecular complexity index is 2610. The first-order chi connectivity index (χ1) is 30.9. The van der Waals surface area contributed by atoms with Gasteiger partial charge in [0.15, 0.2) is 0 Å². The zero-order valence-corrected chi connectivity index (χ0v) is 37.6. The van der Waals surface area contributed by atoms with E-state index in [1.807, 2.05) is 0 Å². The Morgan fingerprint density at radius 1 is 0.924 bits per heavy atom. The first kappa shape index (κ1) is 47.5. The Morgan fingerprint density at radius 3 is 2.26 bits per heavy atom. The van der Waals surface area contributed by atoms with Gasteiger partial charge < -0.3 is 20.6 Å². The predicted octanol–water partition coefficient (Wildman–Crippen LogP) is 5.45. The fourth-order valence-corrected chi connectivity index (χ4v) is 11.3. The molecule has 2 aliphatic carbocycles. The van der Waals surface area contributed by atoms with Crippen LogP contribution < -0.4 is 16.0 Å². The van der Waals surface area contributed by atoms with Gasteiger partial charge in [0.05, 0.1) is 63.3 Å². The highest BCUT2D eigenvalue weighted by Gasteiger charge is 2.70. The third kappa shape index (κ3) is 8.37. The van der Waals surface area contributed by atoms with Crippen molar-refractivity contribution in [1.29, 1.82) is 0 Å². The summed E-state index contributed by atoms with van der Waals surface area (Å²) in [5.41, 5.74) is -0.813. The van der Waals surface area contributed by atoms with Gasteiger partial charge in [-0.2, -0.15) is 13.2 Å². The van der Waals surface area contributed by atoms with Crippen molar-refractivity contribution in [1.82, 2.24) is 25.1 Å². The molecule has 336 valence electrons. The molecule has 5 aliphatic rings. The van der Waals surface area contributed by atoms with Crippen LogP contribution in [0.1, 0.15) is 131 Å². The molecular formula is C45H46B4F3N7O6S. The lowest BCUT2D eigenvalue weighted by atomic mass is 9.20. The Balaban J connectivity index is 0.000000180. The zero-order chi connectivity index (χ0) is 47.7. The molecule has 2 aromatic heterocycles. The highest BCUT2D eigenvalue weighted by molar-refractivity contribution is 7.18. The number of imide groups is 2. The number of nitrogens with one attached hydrogen (secondary N) is 3. The number of pyridine rings is 1. The molecule has 66 heavy (non-hydrogen) atoms. The minimum atomic E-state index is -4.65. The SMILES string of the molecule is CC(C)(O)c1cc2nc(C3CCCCC3)sc2cc1NC(=O)c1cccc(C(F)(F)F)n1.[B]C1([B])N(C)C([B])([B])C12CC(CCNc1cccc3c1C(=O)N(C1CCC(=O)NC1=O)C3=O)C2. The molecule has 1 spiro atoms. The molecule has 2 aromatic carbocycles. The van der Waals surface area contributed by atoms with Crippen LogP contribution in [0, 0.1) is 11.3 Å². The molecule has 4 aromatic rings. The van der Waals surface area contributed by atoms with Crippen LogP contribution in [-0.4, -0.2) is 116 Å². The molecule has 4 N–H and O–H groups in total.